The highest BCUT2D eigenvalue weighted by Crippen LogP contribution is 2.32. The van der Waals surface area contributed by atoms with Gasteiger partial charge in [0.15, 0.2) is 17.3 Å². The summed E-state index contributed by atoms with van der Waals surface area (Å²) in [6, 6.07) is 4.71. The number of anilines is 1. The SMILES string of the molecule is COc1ccc(NC(=O)c2n[nH]c3c2C(NC(C)C)CCC3)cc1F. The Balaban J connectivity index is 1.84. The second-order valence-electron chi connectivity index (χ2n) is 6.53. The second-order valence-corrected chi connectivity index (χ2v) is 6.53. The van der Waals surface area contributed by atoms with Gasteiger partial charge in [-0.3, -0.25) is 9.89 Å². The van der Waals surface area contributed by atoms with Crippen LogP contribution in [0.1, 0.15) is 54.5 Å². The first-order valence-corrected chi connectivity index (χ1v) is 8.47. The summed E-state index contributed by atoms with van der Waals surface area (Å²) in [5, 5.41) is 13.4. The molecule has 1 heterocycles. The summed E-state index contributed by atoms with van der Waals surface area (Å²) in [7, 11) is 1.40. The summed E-state index contributed by atoms with van der Waals surface area (Å²) in [4.78, 5) is 12.7. The molecule has 0 aliphatic heterocycles. The van der Waals surface area contributed by atoms with E-state index in [2.05, 4.69) is 34.7 Å². The van der Waals surface area contributed by atoms with Crippen LogP contribution in [0, 0.1) is 5.82 Å². The van der Waals surface area contributed by atoms with E-state index in [-0.39, 0.29) is 17.7 Å². The van der Waals surface area contributed by atoms with E-state index >= 15 is 0 Å². The summed E-state index contributed by atoms with van der Waals surface area (Å²) in [5.74, 6) is -0.737. The lowest BCUT2D eigenvalue weighted by Gasteiger charge is -2.26. The molecule has 1 amide bonds. The van der Waals surface area contributed by atoms with Crippen LogP contribution in [0.5, 0.6) is 5.75 Å². The third-order valence-electron chi connectivity index (χ3n) is 4.31. The number of carbonyl (C=O) groups is 1. The van der Waals surface area contributed by atoms with Crippen molar-refractivity contribution in [2.24, 2.45) is 0 Å². The van der Waals surface area contributed by atoms with Crippen molar-refractivity contribution in [3.05, 3.63) is 41.0 Å². The maximum Gasteiger partial charge on any atom is 0.276 e. The number of aromatic nitrogens is 2. The molecule has 2 aromatic rings. The Labute approximate surface area is 146 Å². The highest BCUT2D eigenvalue weighted by molar-refractivity contribution is 6.04. The molecule has 0 bridgehead atoms. The van der Waals surface area contributed by atoms with Gasteiger partial charge in [0.25, 0.3) is 5.91 Å². The van der Waals surface area contributed by atoms with E-state index in [1.807, 2.05) is 0 Å². The van der Waals surface area contributed by atoms with Crippen molar-refractivity contribution in [3.8, 4) is 5.75 Å². The fraction of sp³-hybridized carbons (Fsp3) is 0.444. The molecule has 1 unspecified atom stereocenters. The number of halogens is 1. The number of nitrogens with zero attached hydrogens (tertiary/aromatic N) is 1. The maximum atomic E-state index is 13.8. The van der Waals surface area contributed by atoms with Crippen molar-refractivity contribution < 1.29 is 13.9 Å². The van der Waals surface area contributed by atoms with Gasteiger partial charge in [0.1, 0.15) is 0 Å². The number of nitrogens with one attached hydrogen (secondary N) is 3. The maximum absolute atomic E-state index is 13.8. The predicted molar refractivity (Wildman–Crippen MR) is 93.4 cm³/mol. The van der Waals surface area contributed by atoms with E-state index in [1.165, 1.54) is 19.2 Å². The monoisotopic (exact) mass is 346 g/mol. The van der Waals surface area contributed by atoms with Crippen LogP contribution in [0.25, 0.3) is 0 Å². The fourth-order valence-corrected chi connectivity index (χ4v) is 3.26. The minimum atomic E-state index is -0.524. The van der Waals surface area contributed by atoms with Crippen molar-refractivity contribution in [2.45, 2.75) is 45.2 Å². The van der Waals surface area contributed by atoms with Crippen LogP contribution >= 0.6 is 0 Å². The Kier molecular flexibility index (Phi) is 5.03. The molecule has 0 spiro atoms. The molecule has 0 saturated heterocycles. The van der Waals surface area contributed by atoms with Gasteiger partial charge >= 0.3 is 0 Å². The number of aromatic amines is 1. The van der Waals surface area contributed by atoms with Crippen LogP contribution in [0.4, 0.5) is 10.1 Å². The average Bonchev–Trinajstić information content (AvgIpc) is 3.00. The Morgan fingerprint density at radius 2 is 2.24 bits per heavy atom. The summed E-state index contributed by atoms with van der Waals surface area (Å²) in [5.41, 5.74) is 2.65. The Morgan fingerprint density at radius 3 is 2.92 bits per heavy atom. The van der Waals surface area contributed by atoms with Gasteiger partial charge in [-0.2, -0.15) is 5.10 Å². The molecule has 134 valence electrons. The Bertz CT molecular complexity index is 772. The second kappa shape index (κ2) is 7.23. The number of methoxy groups -OCH3 is 1. The van der Waals surface area contributed by atoms with Crippen LogP contribution in [-0.4, -0.2) is 29.3 Å². The smallest absolute Gasteiger partial charge is 0.276 e. The van der Waals surface area contributed by atoms with Gasteiger partial charge in [-0.1, -0.05) is 13.8 Å². The van der Waals surface area contributed by atoms with Crippen molar-refractivity contribution in [1.82, 2.24) is 15.5 Å². The van der Waals surface area contributed by atoms with Gasteiger partial charge in [0.2, 0.25) is 0 Å². The van der Waals surface area contributed by atoms with Crippen LogP contribution < -0.4 is 15.4 Å². The fourth-order valence-electron chi connectivity index (χ4n) is 3.26. The number of aryl methyl sites for hydroxylation is 1. The lowest BCUT2D eigenvalue weighted by molar-refractivity contribution is 0.102. The summed E-state index contributed by atoms with van der Waals surface area (Å²) >= 11 is 0. The molecule has 3 rings (SSSR count). The van der Waals surface area contributed by atoms with Crippen LogP contribution in [0.2, 0.25) is 0 Å². The summed E-state index contributed by atoms with van der Waals surface area (Å²) in [6.07, 6.45) is 2.88. The van der Waals surface area contributed by atoms with Crippen LogP contribution in [0.3, 0.4) is 0 Å². The lowest BCUT2D eigenvalue weighted by atomic mass is 9.90. The van der Waals surface area contributed by atoms with Gasteiger partial charge < -0.3 is 15.4 Å². The van der Waals surface area contributed by atoms with E-state index in [4.69, 9.17) is 4.74 Å². The Morgan fingerprint density at radius 1 is 1.44 bits per heavy atom. The van der Waals surface area contributed by atoms with E-state index in [0.29, 0.717) is 17.4 Å². The number of benzene rings is 1. The predicted octanol–water partition coefficient (Wildman–Crippen LogP) is 3.19. The number of ether oxygens (including phenoxy) is 1. The van der Waals surface area contributed by atoms with Crippen molar-refractivity contribution >= 4 is 11.6 Å². The molecule has 0 fully saturated rings. The Hall–Kier alpha value is -2.41. The summed E-state index contributed by atoms with van der Waals surface area (Å²) < 4.78 is 18.7. The first-order valence-electron chi connectivity index (χ1n) is 8.47. The highest BCUT2D eigenvalue weighted by Gasteiger charge is 2.29. The molecule has 0 radical (unpaired) electrons. The van der Waals surface area contributed by atoms with Gasteiger partial charge in [0, 0.05) is 35.1 Å². The summed E-state index contributed by atoms with van der Waals surface area (Å²) in [6.45, 7) is 4.16. The molecule has 1 aliphatic rings. The molecule has 0 saturated carbocycles. The highest BCUT2D eigenvalue weighted by atomic mass is 19.1. The van der Waals surface area contributed by atoms with E-state index in [1.54, 1.807) is 6.07 Å². The number of hydrogen-bond donors (Lipinski definition) is 3. The van der Waals surface area contributed by atoms with E-state index in [9.17, 15) is 9.18 Å². The zero-order valence-electron chi connectivity index (χ0n) is 14.6. The molecule has 25 heavy (non-hydrogen) atoms. The van der Waals surface area contributed by atoms with Gasteiger partial charge in [-0.15, -0.1) is 0 Å². The normalized spacial score (nSPS) is 16.6. The van der Waals surface area contributed by atoms with Crippen molar-refractivity contribution in [2.75, 3.05) is 12.4 Å². The van der Waals surface area contributed by atoms with Crippen molar-refractivity contribution in [3.63, 3.8) is 0 Å². The molecule has 1 aliphatic carbocycles. The quantitative estimate of drug-likeness (QED) is 0.777. The molecule has 6 nitrogen and oxygen atoms in total. The van der Waals surface area contributed by atoms with Gasteiger partial charge in [0.05, 0.1) is 7.11 Å². The largest absolute Gasteiger partial charge is 0.494 e. The van der Waals surface area contributed by atoms with Crippen LogP contribution in [0.15, 0.2) is 18.2 Å². The lowest BCUT2D eigenvalue weighted by Crippen LogP contribution is -2.32. The molecule has 1 atom stereocenters. The van der Waals surface area contributed by atoms with Gasteiger partial charge in [-0.25, -0.2) is 4.39 Å². The van der Waals surface area contributed by atoms with E-state index in [0.717, 1.165) is 30.5 Å². The van der Waals surface area contributed by atoms with Gasteiger partial charge in [-0.05, 0) is 31.4 Å². The first-order chi connectivity index (χ1) is 12.0. The average molecular weight is 346 g/mol. The third kappa shape index (κ3) is 3.66. The number of amides is 1. The number of carbonyl (C=O) groups excluding carboxylic acids is 1. The number of hydrogen-bond acceptors (Lipinski definition) is 4. The topological polar surface area (TPSA) is 79.0 Å². The number of H-pyrrole nitrogens is 1. The molecule has 1 aromatic carbocycles. The first kappa shape index (κ1) is 17.4. The molecule has 3 N–H and O–H groups in total. The molecule has 1 aromatic heterocycles. The van der Waals surface area contributed by atoms with Crippen LogP contribution in [-0.2, 0) is 6.42 Å². The number of rotatable bonds is 5. The van der Waals surface area contributed by atoms with Crippen molar-refractivity contribution in [1.29, 1.82) is 0 Å². The van der Waals surface area contributed by atoms with E-state index < -0.39 is 5.82 Å². The standard InChI is InChI=1S/C18H23FN4O2/c1-10(2)20-13-5-4-6-14-16(13)17(23-22-14)18(24)21-11-7-8-15(25-3)12(19)9-11/h7-10,13,20H,4-6H2,1-3H3,(H,21,24)(H,22,23). The minimum absolute atomic E-state index is 0.0934. The number of fused-ring (bicyclic) bond motifs is 1. The molecule has 7 heteroatoms. The molecular formula is C18H23FN4O2. The third-order valence-corrected chi connectivity index (χ3v) is 4.31. The zero-order chi connectivity index (χ0) is 18.0. The zero-order valence-corrected chi connectivity index (χ0v) is 14.6. The molecular weight excluding hydrogens is 323 g/mol. The minimum Gasteiger partial charge on any atom is -0.494 e.